The van der Waals surface area contributed by atoms with E-state index in [1.807, 2.05) is 36.1 Å². The Kier molecular flexibility index (Phi) is 5.72. The van der Waals surface area contributed by atoms with E-state index >= 15 is 0 Å². The fourth-order valence-electron chi connectivity index (χ4n) is 3.14. The van der Waals surface area contributed by atoms with Gasteiger partial charge in [0.15, 0.2) is 11.5 Å². The van der Waals surface area contributed by atoms with Crippen molar-refractivity contribution in [1.82, 2.24) is 4.90 Å². The number of nitrogens with zero attached hydrogens (tertiary/aromatic N) is 1. The molecule has 0 saturated heterocycles. The maximum absolute atomic E-state index is 13.2. The summed E-state index contributed by atoms with van der Waals surface area (Å²) in [6, 6.07) is 13.3. The summed E-state index contributed by atoms with van der Waals surface area (Å²) in [5, 5.41) is 0.696. The number of ether oxygens (including phenoxy) is 2. The Labute approximate surface area is 159 Å². The molecule has 138 valence electrons. The van der Waals surface area contributed by atoms with Crippen molar-refractivity contribution in [2.75, 3.05) is 13.7 Å². The third-order valence-electron chi connectivity index (χ3n) is 4.65. The lowest BCUT2D eigenvalue weighted by atomic mass is 10.0. The van der Waals surface area contributed by atoms with Gasteiger partial charge in [0.1, 0.15) is 0 Å². The quantitative estimate of drug-likeness (QED) is 0.676. The molecule has 1 saturated carbocycles. The van der Waals surface area contributed by atoms with Crippen molar-refractivity contribution in [3.8, 4) is 11.5 Å². The molecule has 1 amide bonds. The van der Waals surface area contributed by atoms with E-state index in [2.05, 4.69) is 6.92 Å². The highest BCUT2D eigenvalue weighted by atomic mass is 35.5. The van der Waals surface area contributed by atoms with Crippen LogP contribution in [0, 0.1) is 0 Å². The van der Waals surface area contributed by atoms with Crippen LogP contribution >= 0.6 is 11.6 Å². The Morgan fingerprint density at radius 1 is 1.19 bits per heavy atom. The summed E-state index contributed by atoms with van der Waals surface area (Å²) in [5.41, 5.74) is 1.69. The molecule has 1 aliphatic rings. The number of hydrogen-bond acceptors (Lipinski definition) is 3. The first kappa shape index (κ1) is 18.6. The van der Waals surface area contributed by atoms with Gasteiger partial charge in [-0.25, -0.2) is 0 Å². The Morgan fingerprint density at radius 2 is 1.88 bits per heavy atom. The normalized spacial score (nSPS) is 14.6. The fourth-order valence-corrected chi connectivity index (χ4v) is 3.26. The molecule has 0 bridgehead atoms. The highest BCUT2D eigenvalue weighted by Crippen LogP contribution is 2.37. The molecular weight excluding hydrogens is 350 g/mol. The van der Waals surface area contributed by atoms with Crippen LogP contribution in [0.25, 0.3) is 0 Å². The van der Waals surface area contributed by atoms with Gasteiger partial charge in [-0.2, -0.15) is 0 Å². The summed E-state index contributed by atoms with van der Waals surface area (Å²) in [6.07, 6.45) is 2.08. The van der Waals surface area contributed by atoms with E-state index in [4.69, 9.17) is 21.1 Å². The van der Waals surface area contributed by atoms with Gasteiger partial charge in [-0.3, -0.25) is 4.79 Å². The SMILES string of the molecule is CCOc1ccc(C(=O)N(C2CC2)C(C)c2ccc(Cl)cc2)cc1OC. The molecule has 0 N–H and O–H groups in total. The van der Waals surface area contributed by atoms with Crippen LogP contribution in [0.3, 0.4) is 0 Å². The van der Waals surface area contributed by atoms with E-state index in [9.17, 15) is 4.79 Å². The van der Waals surface area contributed by atoms with Crippen molar-refractivity contribution < 1.29 is 14.3 Å². The van der Waals surface area contributed by atoms with E-state index < -0.39 is 0 Å². The zero-order chi connectivity index (χ0) is 18.7. The van der Waals surface area contributed by atoms with Crippen molar-refractivity contribution in [2.45, 2.75) is 38.8 Å². The molecule has 0 heterocycles. The van der Waals surface area contributed by atoms with Crippen molar-refractivity contribution >= 4 is 17.5 Å². The lowest BCUT2D eigenvalue weighted by molar-refractivity contribution is 0.0673. The molecule has 0 aliphatic heterocycles. The highest BCUT2D eigenvalue weighted by Gasteiger charge is 2.36. The minimum absolute atomic E-state index is 0.0105. The second-order valence-corrected chi connectivity index (χ2v) is 6.91. The van der Waals surface area contributed by atoms with Crippen LogP contribution in [0.1, 0.15) is 48.7 Å². The third kappa shape index (κ3) is 3.96. The number of halogens is 1. The number of hydrogen-bond donors (Lipinski definition) is 0. The number of benzene rings is 2. The Hall–Kier alpha value is -2.20. The molecular formula is C21H24ClNO3. The summed E-state index contributed by atoms with van der Waals surface area (Å²) < 4.78 is 10.9. The van der Waals surface area contributed by atoms with Gasteiger partial charge < -0.3 is 14.4 Å². The Morgan fingerprint density at radius 3 is 2.46 bits per heavy atom. The lowest BCUT2D eigenvalue weighted by Gasteiger charge is -2.30. The van der Waals surface area contributed by atoms with E-state index in [1.54, 1.807) is 25.3 Å². The number of methoxy groups -OCH3 is 1. The van der Waals surface area contributed by atoms with Gasteiger partial charge in [0.25, 0.3) is 5.91 Å². The van der Waals surface area contributed by atoms with Crippen molar-refractivity contribution in [3.63, 3.8) is 0 Å². The topological polar surface area (TPSA) is 38.8 Å². The number of amides is 1. The molecule has 1 unspecified atom stereocenters. The van der Waals surface area contributed by atoms with Gasteiger partial charge >= 0.3 is 0 Å². The fraction of sp³-hybridized carbons (Fsp3) is 0.381. The smallest absolute Gasteiger partial charge is 0.254 e. The first-order valence-corrected chi connectivity index (χ1v) is 9.32. The molecule has 26 heavy (non-hydrogen) atoms. The number of rotatable bonds is 7. The predicted molar refractivity (Wildman–Crippen MR) is 103 cm³/mol. The van der Waals surface area contributed by atoms with Crippen LogP contribution in [0.2, 0.25) is 5.02 Å². The summed E-state index contributed by atoms with van der Waals surface area (Å²) >= 11 is 6.00. The van der Waals surface area contributed by atoms with Crippen molar-refractivity contribution in [1.29, 1.82) is 0 Å². The van der Waals surface area contributed by atoms with Crippen LogP contribution < -0.4 is 9.47 Å². The van der Waals surface area contributed by atoms with Gasteiger partial charge in [-0.1, -0.05) is 23.7 Å². The van der Waals surface area contributed by atoms with Gasteiger partial charge in [0, 0.05) is 16.6 Å². The van der Waals surface area contributed by atoms with Crippen LogP contribution in [-0.4, -0.2) is 30.6 Å². The average Bonchev–Trinajstić information content (AvgIpc) is 3.47. The number of carbonyl (C=O) groups excluding carboxylic acids is 1. The third-order valence-corrected chi connectivity index (χ3v) is 4.91. The van der Waals surface area contributed by atoms with E-state index in [1.165, 1.54) is 0 Å². The maximum Gasteiger partial charge on any atom is 0.254 e. The van der Waals surface area contributed by atoms with Crippen LogP contribution in [-0.2, 0) is 0 Å². The summed E-state index contributed by atoms with van der Waals surface area (Å²) in [5.74, 6) is 1.24. The van der Waals surface area contributed by atoms with E-state index in [-0.39, 0.29) is 18.0 Å². The molecule has 0 aromatic heterocycles. The molecule has 5 heteroatoms. The monoisotopic (exact) mass is 373 g/mol. The zero-order valence-electron chi connectivity index (χ0n) is 15.4. The standard InChI is InChI=1S/C21H24ClNO3/c1-4-26-19-12-7-16(13-20(19)25-3)21(24)23(18-10-11-18)14(2)15-5-8-17(22)9-6-15/h5-9,12-14,18H,4,10-11H2,1-3H3. The average molecular weight is 374 g/mol. The zero-order valence-corrected chi connectivity index (χ0v) is 16.1. The minimum Gasteiger partial charge on any atom is -0.493 e. The van der Waals surface area contributed by atoms with Crippen molar-refractivity contribution in [3.05, 3.63) is 58.6 Å². The van der Waals surface area contributed by atoms with Gasteiger partial charge in [0.2, 0.25) is 0 Å². The molecule has 0 radical (unpaired) electrons. The van der Waals surface area contributed by atoms with Gasteiger partial charge in [-0.15, -0.1) is 0 Å². The highest BCUT2D eigenvalue weighted by molar-refractivity contribution is 6.30. The summed E-state index contributed by atoms with van der Waals surface area (Å²) in [7, 11) is 1.58. The first-order valence-electron chi connectivity index (χ1n) is 8.94. The first-order chi connectivity index (χ1) is 12.5. The Bertz CT molecular complexity index is 771. The number of carbonyl (C=O) groups is 1. The molecule has 2 aromatic carbocycles. The van der Waals surface area contributed by atoms with Gasteiger partial charge in [0.05, 0.1) is 19.8 Å². The van der Waals surface area contributed by atoms with E-state index in [0.717, 1.165) is 18.4 Å². The molecule has 3 rings (SSSR count). The minimum atomic E-state index is -0.0233. The predicted octanol–water partition coefficient (Wildman–Crippen LogP) is 5.11. The largest absolute Gasteiger partial charge is 0.493 e. The van der Waals surface area contributed by atoms with Crippen LogP contribution in [0.15, 0.2) is 42.5 Å². The van der Waals surface area contributed by atoms with E-state index in [0.29, 0.717) is 28.7 Å². The molecule has 0 spiro atoms. The molecule has 1 aliphatic carbocycles. The molecule has 1 fully saturated rings. The van der Waals surface area contributed by atoms with Crippen LogP contribution in [0.4, 0.5) is 0 Å². The summed E-state index contributed by atoms with van der Waals surface area (Å²) in [6.45, 7) is 4.53. The van der Waals surface area contributed by atoms with Crippen LogP contribution in [0.5, 0.6) is 11.5 Å². The Balaban J connectivity index is 1.88. The maximum atomic E-state index is 13.2. The molecule has 2 aromatic rings. The molecule has 4 nitrogen and oxygen atoms in total. The lowest BCUT2D eigenvalue weighted by Crippen LogP contribution is -2.35. The second-order valence-electron chi connectivity index (χ2n) is 6.47. The van der Waals surface area contributed by atoms with Gasteiger partial charge in [-0.05, 0) is 62.6 Å². The summed E-state index contributed by atoms with van der Waals surface area (Å²) in [4.78, 5) is 15.2. The second kappa shape index (κ2) is 8.00. The molecule has 1 atom stereocenters. The van der Waals surface area contributed by atoms with Crippen molar-refractivity contribution in [2.24, 2.45) is 0 Å².